The minimum Gasteiger partial charge on any atom is -0.494 e. The van der Waals surface area contributed by atoms with Crippen LogP contribution in [0.1, 0.15) is 43.7 Å². The number of benzene rings is 2. The van der Waals surface area contributed by atoms with Gasteiger partial charge in [-0.15, -0.1) is 0 Å². The molecule has 6 nitrogen and oxygen atoms in total. The van der Waals surface area contributed by atoms with Crippen molar-refractivity contribution in [2.45, 2.75) is 39.5 Å². The average molecular weight is 421 g/mol. The molecule has 0 atom stereocenters. The Labute approximate surface area is 183 Å². The molecule has 1 amide bonds. The first-order valence-electron chi connectivity index (χ1n) is 10.4. The van der Waals surface area contributed by atoms with Crippen molar-refractivity contribution < 1.29 is 19.1 Å². The van der Waals surface area contributed by atoms with E-state index < -0.39 is 0 Å². The largest absolute Gasteiger partial charge is 0.494 e. The highest BCUT2D eigenvalue weighted by molar-refractivity contribution is 6.01. The van der Waals surface area contributed by atoms with Crippen molar-refractivity contribution >= 4 is 18.0 Å². The number of unbranched alkanes of at least 4 members (excludes halogenated alkanes) is 1. The van der Waals surface area contributed by atoms with Crippen LogP contribution in [0.15, 0.2) is 54.1 Å². The number of esters is 1. The Morgan fingerprint density at radius 2 is 1.71 bits per heavy atom. The zero-order chi connectivity index (χ0) is 22.5. The molecule has 0 saturated carbocycles. The van der Waals surface area contributed by atoms with Gasteiger partial charge < -0.3 is 14.8 Å². The van der Waals surface area contributed by atoms with Crippen molar-refractivity contribution in [3.63, 3.8) is 0 Å². The van der Waals surface area contributed by atoms with Gasteiger partial charge in [0, 0.05) is 13.0 Å². The number of carbonyl (C=O) groups excluding carboxylic acids is 2. The van der Waals surface area contributed by atoms with E-state index in [4.69, 9.17) is 9.47 Å². The van der Waals surface area contributed by atoms with E-state index in [9.17, 15) is 14.9 Å². The van der Waals surface area contributed by atoms with Crippen molar-refractivity contribution in [2.24, 2.45) is 0 Å². The Balaban J connectivity index is 1.78. The van der Waals surface area contributed by atoms with E-state index in [0.29, 0.717) is 30.9 Å². The normalized spacial score (nSPS) is 10.8. The monoisotopic (exact) mass is 420 g/mol. The van der Waals surface area contributed by atoms with Crippen molar-refractivity contribution in [3.05, 3.63) is 65.2 Å². The van der Waals surface area contributed by atoms with Gasteiger partial charge in [-0.2, -0.15) is 5.26 Å². The summed E-state index contributed by atoms with van der Waals surface area (Å²) in [6, 6.07) is 16.3. The maximum absolute atomic E-state index is 12.0. The highest BCUT2D eigenvalue weighted by atomic mass is 16.5. The minimum absolute atomic E-state index is 0.0365. The number of nitriles is 1. The predicted octanol–water partition coefficient (Wildman–Crippen LogP) is 4.58. The average Bonchev–Trinajstić information content (AvgIpc) is 2.77. The molecular weight excluding hydrogens is 392 g/mol. The zero-order valence-electron chi connectivity index (χ0n) is 18.0. The van der Waals surface area contributed by atoms with Gasteiger partial charge in [0.1, 0.15) is 23.1 Å². The number of carbonyl (C=O) groups is 2. The molecule has 0 saturated heterocycles. The van der Waals surface area contributed by atoms with Gasteiger partial charge in [0.2, 0.25) is 0 Å². The summed E-state index contributed by atoms with van der Waals surface area (Å²) in [6.07, 6.45) is 4.12. The number of nitrogens with zero attached hydrogens (tertiary/aromatic N) is 1. The van der Waals surface area contributed by atoms with Crippen LogP contribution in [0.2, 0.25) is 0 Å². The molecule has 0 bridgehead atoms. The summed E-state index contributed by atoms with van der Waals surface area (Å²) < 4.78 is 10.9. The van der Waals surface area contributed by atoms with Gasteiger partial charge in [0.05, 0.1) is 6.61 Å². The molecule has 0 radical (unpaired) electrons. The maximum atomic E-state index is 12.0. The predicted molar refractivity (Wildman–Crippen MR) is 119 cm³/mol. The number of aryl methyl sites for hydroxylation is 1. The topological polar surface area (TPSA) is 88.4 Å². The van der Waals surface area contributed by atoms with Gasteiger partial charge in [0.25, 0.3) is 5.91 Å². The number of hydrogen-bond donors (Lipinski definition) is 1. The summed E-state index contributed by atoms with van der Waals surface area (Å²) in [5.74, 6) is 0.453. The van der Waals surface area contributed by atoms with Crippen molar-refractivity contribution in [2.75, 3.05) is 13.2 Å². The highest BCUT2D eigenvalue weighted by Gasteiger charge is 2.09. The molecule has 2 rings (SSSR count). The lowest BCUT2D eigenvalue weighted by Crippen LogP contribution is -2.25. The Kier molecular flexibility index (Phi) is 9.83. The first kappa shape index (κ1) is 23.7. The second-order valence-corrected chi connectivity index (χ2v) is 7.09. The van der Waals surface area contributed by atoms with Gasteiger partial charge >= 0.3 is 5.97 Å². The van der Waals surface area contributed by atoms with Crippen LogP contribution in [0.3, 0.4) is 0 Å². The fourth-order valence-corrected chi connectivity index (χ4v) is 2.64. The Morgan fingerprint density at radius 3 is 2.35 bits per heavy atom. The van der Waals surface area contributed by atoms with Crippen LogP contribution in [-0.4, -0.2) is 25.0 Å². The van der Waals surface area contributed by atoms with E-state index in [1.807, 2.05) is 44.2 Å². The third-order valence-corrected chi connectivity index (χ3v) is 4.42. The Bertz CT molecular complexity index is 925. The molecule has 162 valence electrons. The highest BCUT2D eigenvalue weighted by Crippen LogP contribution is 2.16. The molecule has 6 heteroatoms. The Hall–Kier alpha value is -3.59. The van der Waals surface area contributed by atoms with Crippen molar-refractivity contribution in [1.82, 2.24) is 5.32 Å². The molecule has 0 unspecified atom stereocenters. The smallest absolute Gasteiger partial charge is 0.311 e. The second kappa shape index (κ2) is 12.9. The molecule has 0 fully saturated rings. The number of amides is 1. The molecule has 1 N–H and O–H groups in total. The lowest BCUT2D eigenvalue weighted by Gasteiger charge is -2.07. The first-order chi connectivity index (χ1) is 15.0. The van der Waals surface area contributed by atoms with Crippen molar-refractivity contribution in [3.8, 4) is 17.6 Å². The van der Waals surface area contributed by atoms with Gasteiger partial charge in [0.15, 0.2) is 0 Å². The van der Waals surface area contributed by atoms with Crippen LogP contribution in [0.4, 0.5) is 0 Å². The van der Waals surface area contributed by atoms with Crippen LogP contribution < -0.4 is 14.8 Å². The summed E-state index contributed by atoms with van der Waals surface area (Å²) in [6.45, 7) is 5.01. The molecule has 0 aliphatic carbocycles. The lowest BCUT2D eigenvalue weighted by molar-refractivity contribution is -0.134. The summed E-state index contributed by atoms with van der Waals surface area (Å²) in [5.41, 5.74) is 1.87. The summed E-state index contributed by atoms with van der Waals surface area (Å²) in [4.78, 5) is 24.0. The molecule has 2 aromatic rings. The number of ether oxygens (including phenoxy) is 2. The summed E-state index contributed by atoms with van der Waals surface area (Å²) in [7, 11) is 0. The fraction of sp³-hybridized carbons (Fsp3) is 0.320. The van der Waals surface area contributed by atoms with E-state index in [0.717, 1.165) is 24.2 Å². The fourth-order valence-electron chi connectivity index (χ4n) is 2.64. The van der Waals surface area contributed by atoms with E-state index in [-0.39, 0.29) is 23.9 Å². The summed E-state index contributed by atoms with van der Waals surface area (Å²) >= 11 is 0. The zero-order valence-corrected chi connectivity index (χ0v) is 18.0. The lowest BCUT2D eigenvalue weighted by atomic mass is 10.1. The van der Waals surface area contributed by atoms with Gasteiger partial charge in [-0.1, -0.05) is 43.2 Å². The van der Waals surface area contributed by atoms with Crippen LogP contribution >= 0.6 is 0 Å². The first-order valence-corrected chi connectivity index (χ1v) is 10.4. The van der Waals surface area contributed by atoms with Crippen LogP contribution in [0, 0.1) is 18.3 Å². The molecule has 0 aliphatic rings. The van der Waals surface area contributed by atoms with Crippen LogP contribution in [-0.2, 0) is 9.59 Å². The van der Waals surface area contributed by atoms with E-state index in [1.54, 1.807) is 24.3 Å². The minimum atomic E-state index is -0.390. The molecule has 0 heterocycles. The third kappa shape index (κ3) is 8.75. The number of rotatable bonds is 11. The molecule has 31 heavy (non-hydrogen) atoms. The molecule has 0 aromatic heterocycles. The van der Waals surface area contributed by atoms with Crippen molar-refractivity contribution in [1.29, 1.82) is 5.26 Å². The van der Waals surface area contributed by atoms with Gasteiger partial charge in [-0.3, -0.25) is 9.59 Å². The van der Waals surface area contributed by atoms with Crippen LogP contribution in [0.25, 0.3) is 6.08 Å². The second-order valence-electron chi connectivity index (χ2n) is 7.09. The number of hydrogen-bond acceptors (Lipinski definition) is 5. The third-order valence-electron chi connectivity index (χ3n) is 4.42. The molecule has 0 spiro atoms. The SMILES string of the molecule is CCCCNC(=O)/C(C#N)=C/c1ccc(OC(=O)CCCOc2ccc(C)cc2)cc1. The quantitative estimate of drug-likeness (QED) is 0.189. The van der Waals surface area contributed by atoms with Gasteiger partial charge in [-0.05, 0) is 55.7 Å². The molecule has 0 aliphatic heterocycles. The van der Waals surface area contributed by atoms with E-state index in [2.05, 4.69) is 5.32 Å². The molecular formula is C25H28N2O4. The van der Waals surface area contributed by atoms with E-state index in [1.165, 1.54) is 6.08 Å². The van der Waals surface area contributed by atoms with E-state index >= 15 is 0 Å². The number of nitrogens with one attached hydrogen (secondary N) is 1. The van der Waals surface area contributed by atoms with Gasteiger partial charge in [-0.25, -0.2) is 0 Å². The standard InChI is InChI=1S/C25H28N2O4/c1-3-4-15-27-25(29)21(18-26)17-20-9-13-23(14-10-20)31-24(28)6-5-16-30-22-11-7-19(2)8-12-22/h7-14,17H,3-6,15-16H2,1-2H3,(H,27,29)/b21-17+. The van der Waals surface area contributed by atoms with Crippen LogP contribution in [0.5, 0.6) is 11.5 Å². The Morgan fingerprint density at radius 1 is 1.03 bits per heavy atom. The molecule has 2 aromatic carbocycles. The maximum Gasteiger partial charge on any atom is 0.311 e. The summed E-state index contributed by atoms with van der Waals surface area (Å²) in [5, 5.41) is 11.9.